The van der Waals surface area contributed by atoms with Gasteiger partial charge in [0.2, 0.25) is 5.91 Å². The van der Waals surface area contributed by atoms with Crippen LogP contribution in [0.5, 0.6) is 5.75 Å². The van der Waals surface area contributed by atoms with E-state index in [1.54, 1.807) is 25.3 Å². The predicted octanol–water partition coefficient (Wildman–Crippen LogP) is 1.62. The molecule has 17 heavy (non-hydrogen) atoms. The zero-order chi connectivity index (χ0) is 12.8. The summed E-state index contributed by atoms with van der Waals surface area (Å²) in [5.41, 5.74) is 6.59. The maximum Gasteiger partial charge on any atom is 0.227 e. The number of nitrogens with two attached hydrogens (primary N) is 1. The molecule has 0 aliphatic carbocycles. The van der Waals surface area contributed by atoms with Gasteiger partial charge in [-0.05, 0) is 25.1 Å². The molecule has 4 nitrogen and oxygen atoms in total. The van der Waals surface area contributed by atoms with E-state index in [0.717, 1.165) is 5.56 Å². The fourth-order valence-electron chi connectivity index (χ4n) is 1.37. The van der Waals surface area contributed by atoms with E-state index in [9.17, 15) is 9.59 Å². The van der Waals surface area contributed by atoms with Gasteiger partial charge in [0.15, 0.2) is 5.78 Å². The summed E-state index contributed by atoms with van der Waals surface area (Å²) < 4.78 is 5.20. The van der Waals surface area contributed by atoms with Crippen LogP contribution in [0.1, 0.15) is 22.8 Å². The van der Waals surface area contributed by atoms with Gasteiger partial charge in [-0.3, -0.25) is 9.59 Å². The molecule has 1 rings (SSSR count). The summed E-state index contributed by atoms with van der Waals surface area (Å²) in [7, 11) is 1.57. The smallest absolute Gasteiger partial charge is 0.227 e. The molecule has 0 fully saturated rings. The average Bonchev–Trinajstić information content (AvgIpc) is 2.28. The van der Waals surface area contributed by atoms with Crippen molar-refractivity contribution in [2.45, 2.75) is 12.7 Å². The van der Waals surface area contributed by atoms with Gasteiger partial charge >= 0.3 is 0 Å². The van der Waals surface area contributed by atoms with Gasteiger partial charge in [0.25, 0.3) is 0 Å². The molecule has 0 saturated heterocycles. The van der Waals surface area contributed by atoms with Crippen molar-refractivity contribution in [2.24, 2.45) is 5.73 Å². The minimum absolute atomic E-state index is 0.00815. The minimum Gasteiger partial charge on any atom is -0.496 e. The SMILES string of the molecule is COc1ccc(C(C)=O)cc1CSCC(N)=O. The Kier molecular flexibility index (Phi) is 5.03. The first-order valence-corrected chi connectivity index (χ1v) is 6.24. The maximum absolute atomic E-state index is 11.3. The number of ether oxygens (including phenoxy) is 1. The second-order valence-corrected chi connectivity index (χ2v) is 4.53. The van der Waals surface area contributed by atoms with E-state index in [1.165, 1.54) is 18.7 Å². The van der Waals surface area contributed by atoms with Crippen molar-refractivity contribution in [1.29, 1.82) is 0 Å². The summed E-state index contributed by atoms with van der Waals surface area (Å²) >= 11 is 1.40. The van der Waals surface area contributed by atoms with E-state index in [1.807, 2.05) is 0 Å². The Labute approximate surface area is 105 Å². The standard InChI is InChI=1S/C12H15NO3S/c1-8(14)9-3-4-11(16-2)10(5-9)6-17-7-12(13)15/h3-5H,6-7H2,1-2H3,(H2,13,15). The van der Waals surface area contributed by atoms with Crippen LogP contribution in [0, 0.1) is 0 Å². The quantitative estimate of drug-likeness (QED) is 0.782. The second kappa shape index (κ2) is 6.30. The van der Waals surface area contributed by atoms with Gasteiger partial charge in [0.05, 0.1) is 12.9 Å². The molecule has 1 aromatic rings. The molecular formula is C12H15NO3S. The number of ketones is 1. The van der Waals surface area contributed by atoms with Gasteiger partial charge in [0, 0.05) is 16.9 Å². The van der Waals surface area contributed by atoms with Gasteiger partial charge in [-0.15, -0.1) is 11.8 Å². The molecule has 0 atom stereocenters. The van der Waals surface area contributed by atoms with Crippen molar-refractivity contribution >= 4 is 23.5 Å². The second-order valence-electron chi connectivity index (χ2n) is 3.54. The Hall–Kier alpha value is -1.49. The zero-order valence-electron chi connectivity index (χ0n) is 9.86. The van der Waals surface area contributed by atoms with Gasteiger partial charge in [-0.1, -0.05) is 0 Å². The van der Waals surface area contributed by atoms with E-state index >= 15 is 0 Å². The van der Waals surface area contributed by atoms with E-state index in [4.69, 9.17) is 10.5 Å². The molecule has 0 saturated carbocycles. The molecule has 0 heterocycles. The number of carbonyl (C=O) groups is 2. The van der Waals surface area contributed by atoms with Crippen LogP contribution in [-0.2, 0) is 10.5 Å². The van der Waals surface area contributed by atoms with E-state index < -0.39 is 0 Å². The summed E-state index contributed by atoms with van der Waals surface area (Å²) in [5.74, 6) is 1.22. The maximum atomic E-state index is 11.3. The highest BCUT2D eigenvalue weighted by Crippen LogP contribution is 2.24. The third-order valence-electron chi connectivity index (χ3n) is 2.19. The summed E-state index contributed by atoms with van der Waals surface area (Å²) in [6, 6.07) is 5.27. The fourth-order valence-corrected chi connectivity index (χ4v) is 2.12. The topological polar surface area (TPSA) is 69.4 Å². The molecule has 0 spiro atoms. The molecule has 5 heteroatoms. The number of Topliss-reactive ketones (excluding diaryl/α,β-unsaturated/α-hetero) is 1. The normalized spacial score (nSPS) is 10.0. The van der Waals surface area contributed by atoms with Crippen molar-refractivity contribution in [3.63, 3.8) is 0 Å². The number of methoxy groups -OCH3 is 1. The zero-order valence-corrected chi connectivity index (χ0v) is 10.7. The molecule has 92 valence electrons. The number of thioether (sulfide) groups is 1. The van der Waals surface area contributed by atoms with Crippen LogP contribution in [0.4, 0.5) is 0 Å². The van der Waals surface area contributed by atoms with Crippen LogP contribution in [0.3, 0.4) is 0 Å². The highest BCUT2D eigenvalue weighted by molar-refractivity contribution is 7.99. The van der Waals surface area contributed by atoms with E-state index in [2.05, 4.69) is 0 Å². The monoisotopic (exact) mass is 253 g/mol. The number of carbonyl (C=O) groups excluding carboxylic acids is 2. The lowest BCUT2D eigenvalue weighted by Gasteiger charge is -2.09. The highest BCUT2D eigenvalue weighted by atomic mass is 32.2. The summed E-state index contributed by atoms with van der Waals surface area (Å²) in [6.45, 7) is 1.52. The lowest BCUT2D eigenvalue weighted by Crippen LogP contribution is -2.13. The van der Waals surface area contributed by atoms with Crippen LogP contribution in [0.2, 0.25) is 0 Å². The predicted molar refractivity (Wildman–Crippen MR) is 68.4 cm³/mol. The largest absolute Gasteiger partial charge is 0.496 e. The molecule has 0 unspecified atom stereocenters. The minimum atomic E-state index is -0.350. The summed E-state index contributed by atoms with van der Waals surface area (Å²) in [5, 5.41) is 0. The van der Waals surface area contributed by atoms with Crippen LogP contribution in [0.15, 0.2) is 18.2 Å². The van der Waals surface area contributed by atoms with Crippen LogP contribution in [-0.4, -0.2) is 24.6 Å². The summed E-state index contributed by atoms with van der Waals surface area (Å²) in [6.07, 6.45) is 0. The molecule has 0 aliphatic rings. The Bertz CT molecular complexity index is 432. The number of rotatable bonds is 6. The van der Waals surface area contributed by atoms with Crippen molar-refractivity contribution in [3.05, 3.63) is 29.3 Å². The fraction of sp³-hybridized carbons (Fsp3) is 0.333. The van der Waals surface area contributed by atoms with E-state index in [0.29, 0.717) is 17.1 Å². The average molecular weight is 253 g/mol. The Morgan fingerprint density at radius 3 is 2.65 bits per heavy atom. The van der Waals surface area contributed by atoms with Crippen molar-refractivity contribution < 1.29 is 14.3 Å². The Morgan fingerprint density at radius 2 is 2.12 bits per heavy atom. The third-order valence-corrected chi connectivity index (χ3v) is 3.19. The number of benzene rings is 1. The first-order valence-electron chi connectivity index (χ1n) is 5.08. The van der Waals surface area contributed by atoms with Crippen molar-refractivity contribution in [1.82, 2.24) is 0 Å². The highest BCUT2D eigenvalue weighted by Gasteiger charge is 2.07. The van der Waals surface area contributed by atoms with Crippen LogP contribution < -0.4 is 10.5 Å². The third kappa shape index (κ3) is 4.11. The van der Waals surface area contributed by atoms with Crippen molar-refractivity contribution in [2.75, 3.05) is 12.9 Å². The Morgan fingerprint density at radius 1 is 1.41 bits per heavy atom. The lowest BCUT2D eigenvalue weighted by atomic mass is 10.1. The summed E-state index contributed by atoms with van der Waals surface area (Å²) in [4.78, 5) is 21.9. The molecule has 0 radical (unpaired) electrons. The molecular weight excluding hydrogens is 238 g/mol. The molecule has 1 amide bonds. The van der Waals surface area contributed by atoms with Gasteiger partial charge in [-0.2, -0.15) is 0 Å². The number of amides is 1. The lowest BCUT2D eigenvalue weighted by molar-refractivity contribution is -0.115. The van der Waals surface area contributed by atoms with E-state index in [-0.39, 0.29) is 17.4 Å². The van der Waals surface area contributed by atoms with Gasteiger partial charge in [-0.25, -0.2) is 0 Å². The van der Waals surface area contributed by atoms with Crippen LogP contribution in [0.25, 0.3) is 0 Å². The molecule has 2 N–H and O–H groups in total. The van der Waals surface area contributed by atoms with Gasteiger partial charge in [0.1, 0.15) is 5.75 Å². The van der Waals surface area contributed by atoms with Crippen LogP contribution >= 0.6 is 11.8 Å². The number of primary amides is 1. The first-order chi connectivity index (χ1) is 8.04. The number of hydrogen-bond donors (Lipinski definition) is 1. The van der Waals surface area contributed by atoms with Gasteiger partial charge < -0.3 is 10.5 Å². The van der Waals surface area contributed by atoms with Crippen molar-refractivity contribution in [3.8, 4) is 5.75 Å². The first kappa shape index (κ1) is 13.6. The number of hydrogen-bond acceptors (Lipinski definition) is 4. The molecule has 0 aliphatic heterocycles. The molecule has 0 bridgehead atoms. The molecule has 1 aromatic carbocycles. The Balaban J connectivity index is 2.82. The molecule has 0 aromatic heterocycles.